The van der Waals surface area contributed by atoms with Gasteiger partial charge in [0.2, 0.25) is 6.79 Å². The molecule has 162 valence electrons. The molecule has 0 amide bonds. The molecule has 2 aliphatic rings. The fourth-order valence-corrected chi connectivity index (χ4v) is 3.55. The second-order valence-corrected chi connectivity index (χ2v) is 6.97. The zero-order chi connectivity index (χ0) is 20.9. The number of hydrogen-bond acceptors (Lipinski definition) is 6. The number of rotatable bonds is 6. The normalized spacial score (nSPS) is 15.7. The molecule has 3 heterocycles. The lowest BCUT2D eigenvalue weighted by Crippen LogP contribution is -2.37. The van der Waals surface area contributed by atoms with E-state index in [9.17, 15) is 8.78 Å². The Hall–Kier alpha value is -3.11. The second-order valence-electron chi connectivity index (χ2n) is 6.97. The molecular formula is C19H24F2N6O3. The van der Waals surface area contributed by atoms with E-state index in [0.29, 0.717) is 29.6 Å². The molecule has 0 saturated heterocycles. The summed E-state index contributed by atoms with van der Waals surface area (Å²) in [5, 5.41) is 14.9. The number of guanidine groups is 1. The third kappa shape index (κ3) is 4.55. The van der Waals surface area contributed by atoms with Crippen molar-refractivity contribution in [2.45, 2.75) is 51.9 Å². The number of hydrogen-bond donors (Lipinski definition) is 2. The van der Waals surface area contributed by atoms with Crippen molar-refractivity contribution in [3.8, 4) is 17.2 Å². The standard InChI is InChI=1S/C19H24F2N6O3/c1-22-19(24-10-17-26-25-16-5-3-2-4-6-27(16)17)23-9-12-7-14-15(29-11-28-14)8-13(12)30-18(20)21/h7-8,18H,2-6,9-11H2,1H3,(H2,22,23,24). The van der Waals surface area contributed by atoms with Crippen molar-refractivity contribution >= 4 is 5.96 Å². The number of fused-ring (bicyclic) bond motifs is 2. The summed E-state index contributed by atoms with van der Waals surface area (Å²) in [5.41, 5.74) is 0.499. The summed E-state index contributed by atoms with van der Waals surface area (Å²) in [5.74, 6) is 3.26. The van der Waals surface area contributed by atoms with Crippen molar-refractivity contribution in [3.05, 3.63) is 29.3 Å². The van der Waals surface area contributed by atoms with Gasteiger partial charge in [-0.1, -0.05) is 6.42 Å². The summed E-state index contributed by atoms with van der Waals surface area (Å²) in [6.07, 6.45) is 4.38. The van der Waals surface area contributed by atoms with E-state index in [-0.39, 0.29) is 19.1 Å². The van der Waals surface area contributed by atoms with Crippen LogP contribution in [-0.4, -0.2) is 41.2 Å². The number of alkyl halides is 2. The zero-order valence-corrected chi connectivity index (χ0v) is 16.7. The van der Waals surface area contributed by atoms with Crippen LogP contribution >= 0.6 is 0 Å². The van der Waals surface area contributed by atoms with Gasteiger partial charge in [0.1, 0.15) is 11.6 Å². The highest BCUT2D eigenvalue weighted by molar-refractivity contribution is 5.79. The average Bonchev–Trinajstić information content (AvgIpc) is 3.27. The van der Waals surface area contributed by atoms with E-state index in [0.717, 1.165) is 37.5 Å². The van der Waals surface area contributed by atoms with Gasteiger partial charge in [-0.25, -0.2) is 0 Å². The zero-order valence-electron chi connectivity index (χ0n) is 16.7. The summed E-state index contributed by atoms with van der Waals surface area (Å²) >= 11 is 0. The van der Waals surface area contributed by atoms with Crippen LogP contribution in [0.4, 0.5) is 8.78 Å². The Morgan fingerprint density at radius 1 is 1.17 bits per heavy atom. The van der Waals surface area contributed by atoms with Crippen LogP contribution in [0, 0.1) is 0 Å². The molecule has 0 aliphatic carbocycles. The smallest absolute Gasteiger partial charge is 0.387 e. The van der Waals surface area contributed by atoms with Crippen molar-refractivity contribution in [2.75, 3.05) is 13.8 Å². The van der Waals surface area contributed by atoms with Crippen LogP contribution in [0.15, 0.2) is 17.1 Å². The van der Waals surface area contributed by atoms with Gasteiger partial charge >= 0.3 is 6.61 Å². The predicted molar refractivity (Wildman–Crippen MR) is 104 cm³/mol. The second kappa shape index (κ2) is 9.14. The van der Waals surface area contributed by atoms with Crippen LogP contribution in [0.1, 0.15) is 36.5 Å². The van der Waals surface area contributed by atoms with Crippen molar-refractivity contribution in [3.63, 3.8) is 0 Å². The van der Waals surface area contributed by atoms with Gasteiger partial charge in [-0.15, -0.1) is 10.2 Å². The summed E-state index contributed by atoms with van der Waals surface area (Å²) in [7, 11) is 1.63. The molecular weight excluding hydrogens is 398 g/mol. The van der Waals surface area contributed by atoms with Crippen LogP contribution in [0.5, 0.6) is 17.2 Å². The van der Waals surface area contributed by atoms with Crippen LogP contribution in [0.3, 0.4) is 0 Å². The number of nitrogens with one attached hydrogen (secondary N) is 2. The Morgan fingerprint density at radius 3 is 2.77 bits per heavy atom. The maximum Gasteiger partial charge on any atom is 0.387 e. The molecule has 0 radical (unpaired) electrons. The molecule has 4 rings (SSSR count). The number of ether oxygens (including phenoxy) is 3. The number of benzene rings is 1. The minimum absolute atomic E-state index is 0.0278. The molecule has 9 nitrogen and oxygen atoms in total. The first kappa shape index (κ1) is 20.2. The molecule has 1 aromatic heterocycles. The SMILES string of the molecule is CN=C(NCc1cc2c(cc1OC(F)F)OCO2)NCc1nnc2n1CCCCC2. The van der Waals surface area contributed by atoms with Gasteiger partial charge in [-0.05, 0) is 18.9 Å². The summed E-state index contributed by atoms with van der Waals surface area (Å²) in [6.45, 7) is -1.32. The highest BCUT2D eigenvalue weighted by atomic mass is 19.3. The monoisotopic (exact) mass is 422 g/mol. The molecule has 0 fully saturated rings. The van der Waals surface area contributed by atoms with E-state index in [1.807, 2.05) is 0 Å². The lowest BCUT2D eigenvalue weighted by Gasteiger charge is -2.15. The highest BCUT2D eigenvalue weighted by Gasteiger charge is 2.20. The number of halogens is 2. The van der Waals surface area contributed by atoms with Gasteiger partial charge in [-0.2, -0.15) is 8.78 Å². The quantitative estimate of drug-likeness (QED) is 0.544. The van der Waals surface area contributed by atoms with Gasteiger partial charge in [-0.3, -0.25) is 4.99 Å². The van der Waals surface area contributed by atoms with E-state index >= 15 is 0 Å². The Balaban J connectivity index is 1.40. The Bertz CT molecular complexity index is 918. The van der Waals surface area contributed by atoms with Crippen molar-refractivity contribution in [1.82, 2.24) is 25.4 Å². The van der Waals surface area contributed by atoms with E-state index in [2.05, 4.69) is 35.1 Å². The minimum atomic E-state index is -2.94. The Morgan fingerprint density at radius 2 is 1.97 bits per heavy atom. The summed E-state index contributed by atoms with van der Waals surface area (Å²) in [6, 6.07) is 3.03. The van der Waals surface area contributed by atoms with Gasteiger partial charge < -0.3 is 29.4 Å². The lowest BCUT2D eigenvalue weighted by atomic mass is 10.1. The molecule has 0 unspecified atom stereocenters. The molecule has 0 atom stereocenters. The molecule has 1 aromatic carbocycles. The van der Waals surface area contributed by atoms with Gasteiger partial charge in [0.25, 0.3) is 0 Å². The first-order valence-corrected chi connectivity index (χ1v) is 9.87. The molecule has 2 aliphatic heterocycles. The van der Waals surface area contributed by atoms with Gasteiger partial charge in [0.15, 0.2) is 23.3 Å². The Labute approximate surface area is 172 Å². The largest absolute Gasteiger partial charge is 0.454 e. The number of aromatic nitrogens is 3. The van der Waals surface area contributed by atoms with E-state index in [4.69, 9.17) is 9.47 Å². The molecule has 0 saturated carbocycles. The number of aliphatic imine (C=N–C) groups is 1. The first-order valence-electron chi connectivity index (χ1n) is 9.87. The predicted octanol–water partition coefficient (Wildman–Crippen LogP) is 2.20. The molecule has 2 aromatic rings. The minimum Gasteiger partial charge on any atom is -0.454 e. The van der Waals surface area contributed by atoms with Crippen LogP contribution in [-0.2, 0) is 26.1 Å². The fourth-order valence-electron chi connectivity index (χ4n) is 3.55. The van der Waals surface area contributed by atoms with Crippen molar-refractivity contribution < 1.29 is 23.0 Å². The van der Waals surface area contributed by atoms with Gasteiger partial charge in [0, 0.05) is 38.2 Å². The molecule has 30 heavy (non-hydrogen) atoms. The molecule has 2 N–H and O–H groups in total. The fraction of sp³-hybridized carbons (Fsp3) is 0.526. The lowest BCUT2D eigenvalue weighted by molar-refractivity contribution is -0.0505. The maximum absolute atomic E-state index is 12.8. The average molecular weight is 422 g/mol. The van der Waals surface area contributed by atoms with E-state index < -0.39 is 6.61 Å². The topological polar surface area (TPSA) is 94.8 Å². The summed E-state index contributed by atoms with van der Waals surface area (Å²) < 4.78 is 43.0. The van der Waals surface area contributed by atoms with E-state index in [1.165, 1.54) is 12.5 Å². The molecule has 0 bridgehead atoms. The van der Waals surface area contributed by atoms with Crippen LogP contribution in [0.25, 0.3) is 0 Å². The third-order valence-electron chi connectivity index (χ3n) is 5.04. The molecule has 11 heteroatoms. The van der Waals surface area contributed by atoms with Crippen LogP contribution < -0.4 is 24.8 Å². The van der Waals surface area contributed by atoms with E-state index in [1.54, 1.807) is 13.1 Å². The highest BCUT2D eigenvalue weighted by Crippen LogP contribution is 2.38. The maximum atomic E-state index is 12.8. The van der Waals surface area contributed by atoms with Crippen molar-refractivity contribution in [2.24, 2.45) is 4.99 Å². The summed E-state index contributed by atoms with van der Waals surface area (Å²) in [4.78, 5) is 4.19. The van der Waals surface area contributed by atoms with Gasteiger partial charge in [0.05, 0.1) is 6.54 Å². The molecule has 0 spiro atoms. The third-order valence-corrected chi connectivity index (χ3v) is 5.04. The van der Waals surface area contributed by atoms with Crippen molar-refractivity contribution in [1.29, 1.82) is 0 Å². The first-order chi connectivity index (χ1) is 14.6. The number of aryl methyl sites for hydroxylation is 1. The number of nitrogens with zero attached hydrogens (tertiary/aromatic N) is 4. The van der Waals surface area contributed by atoms with Crippen LogP contribution in [0.2, 0.25) is 0 Å². The Kier molecular flexibility index (Phi) is 6.15.